The maximum absolute atomic E-state index is 14.1. The van der Waals surface area contributed by atoms with Gasteiger partial charge in [-0.25, -0.2) is 4.79 Å². The quantitative estimate of drug-likeness (QED) is 0.204. The molecule has 0 unspecified atom stereocenters. The van der Waals surface area contributed by atoms with Crippen LogP contribution in [-0.2, 0) is 38.1 Å². The molecule has 12 heteroatoms. The lowest BCUT2D eigenvalue weighted by Crippen LogP contribution is -2.61. The molecule has 4 rings (SSSR count). The number of hydrogen-bond donors (Lipinski definition) is 3. The molecule has 10 atom stereocenters. The van der Waals surface area contributed by atoms with Gasteiger partial charge in [0, 0.05) is 45.4 Å². The van der Waals surface area contributed by atoms with Crippen molar-refractivity contribution in [1.29, 1.82) is 0 Å². The van der Waals surface area contributed by atoms with Gasteiger partial charge in [0.2, 0.25) is 5.79 Å². The van der Waals surface area contributed by atoms with Crippen LogP contribution in [0.3, 0.4) is 0 Å². The number of cyclic esters (lactones) is 1. The van der Waals surface area contributed by atoms with E-state index in [4.69, 9.17) is 18.9 Å². The van der Waals surface area contributed by atoms with E-state index < -0.39 is 71.8 Å². The van der Waals surface area contributed by atoms with Crippen molar-refractivity contribution in [1.82, 2.24) is 4.90 Å². The molecule has 53 heavy (non-hydrogen) atoms. The van der Waals surface area contributed by atoms with Crippen LogP contribution in [0.1, 0.15) is 118 Å². The van der Waals surface area contributed by atoms with Gasteiger partial charge in [0.1, 0.15) is 24.0 Å². The van der Waals surface area contributed by atoms with E-state index in [0.717, 1.165) is 24.0 Å². The number of piperidine rings is 1. The third-order valence-electron chi connectivity index (χ3n) is 12.1. The summed E-state index contributed by atoms with van der Waals surface area (Å²) in [4.78, 5) is 57.0. The van der Waals surface area contributed by atoms with Crippen molar-refractivity contribution < 1.29 is 53.4 Å². The monoisotopic (exact) mass is 747 g/mol. The number of fused-ring (bicyclic) bond motifs is 3. The zero-order valence-electron chi connectivity index (χ0n) is 33.0. The number of rotatable bonds is 5. The second-order valence-electron chi connectivity index (χ2n) is 16.3. The molecule has 3 N–H and O–H groups in total. The number of methoxy groups -OCH3 is 2. The number of allylic oxidation sites excluding steroid dienone is 3. The van der Waals surface area contributed by atoms with Gasteiger partial charge in [0.05, 0.1) is 24.4 Å². The summed E-state index contributed by atoms with van der Waals surface area (Å²) in [7, 11) is 3.06. The number of carbonyl (C=O) groups excluding carboxylic acids is 4. The summed E-state index contributed by atoms with van der Waals surface area (Å²) in [6.45, 7) is 9.69. The molecule has 0 radical (unpaired) electrons. The molecule has 3 aliphatic heterocycles. The summed E-state index contributed by atoms with van der Waals surface area (Å²) in [6, 6.07) is -1.10. The zero-order chi connectivity index (χ0) is 39.0. The number of ether oxygens (including phenoxy) is 4. The summed E-state index contributed by atoms with van der Waals surface area (Å²) >= 11 is 0. The normalized spacial score (nSPS) is 40.4. The highest BCUT2D eigenvalue weighted by Crippen LogP contribution is 2.36. The molecule has 3 heterocycles. The molecule has 0 aromatic rings. The van der Waals surface area contributed by atoms with Gasteiger partial charge < -0.3 is 39.2 Å². The standard InChI is InChI=1S/C41H65NO11/c1-8-29-20-24(2)19-25(3)21-35(51-7)37-34(50-6)16-17-41(49,53-37)38(46)39(47)42-18-10-9-11-31(42)40(48)52-36(27(5)32(44)23-33(29)45)26(4)22-28-12-14-30(43)15-13-28/h20,22,25,27-32,34-37,43-44,49H,8-19,21,23H2,1-7H3/b24-20+,26-22+/t25-,27+,28?,29+,30?,31-,32-,34-,35-,36+,37-,41+/m0/s1. The first-order valence-corrected chi connectivity index (χ1v) is 19.9. The second kappa shape index (κ2) is 19.4. The van der Waals surface area contributed by atoms with Gasteiger partial charge in [0.15, 0.2) is 0 Å². The smallest absolute Gasteiger partial charge is 0.329 e. The summed E-state index contributed by atoms with van der Waals surface area (Å²) in [6.07, 6.45) is 5.60. The Morgan fingerprint density at radius 1 is 0.981 bits per heavy atom. The largest absolute Gasteiger partial charge is 0.456 e. The number of esters is 1. The Balaban J connectivity index is 1.73. The van der Waals surface area contributed by atoms with Crippen LogP contribution >= 0.6 is 0 Å². The van der Waals surface area contributed by atoms with Crippen molar-refractivity contribution in [2.45, 2.75) is 167 Å². The summed E-state index contributed by atoms with van der Waals surface area (Å²) in [5.41, 5.74) is 1.72. The molecule has 1 amide bonds. The van der Waals surface area contributed by atoms with Crippen molar-refractivity contribution in [3.05, 3.63) is 23.3 Å². The fourth-order valence-electron chi connectivity index (χ4n) is 8.86. The molecule has 3 fully saturated rings. The SMILES string of the molecule is CC[C@@H]1/C=C(\C)C[C@H](C)C[C@H](OC)[C@H]2O[C@](O)(CC[C@@H]2OC)C(=O)C(=O)N2CCCC[C@H]2C(=O)O[C@H](/C(C)=C/C2CCC(O)CC2)[C@H](C)[C@@H](O)CC1=O. The van der Waals surface area contributed by atoms with Crippen molar-refractivity contribution in [2.75, 3.05) is 20.8 Å². The molecule has 2 bridgehead atoms. The molecule has 300 valence electrons. The van der Waals surface area contributed by atoms with Crippen LogP contribution in [0.25, 0.3) is 0 Å². The van der Waals surface area contributed by atoms with E-state index in [0.29, 0.717) is 44.9 Å². The lowest BCUT2D eigenvalue weighted by molar-refractivity contribution is -0.283. The zero-order valence-corrected chi connectivity index (χ0v) is 33.0. The maximum atomic E-state index is 14.1. The Labute approximate surface area is 315 Å². The molecule has 2 saturated heterocycles. The second-order valence-corrected chi connectivity index (χ2v) is 16.3. The van der Waals surface area contributed by atoms with Gasteiger partial charge in [0.25, 0.3) is 11.7 Å². The van der Waals surface area contributed by atoms with Gasteiger partial charge in [-0.2, -0.15) is 0 Å². The van der Waals surface area contributed by atoms with E-state index in [9.17, 15) is 34.5 Å². The minimum Gasteiger partial charge on any atom is -0.456 e. The Morgan fingerprint density at radius 3 is 2.30 bits per heavy atom. The highest BCUT2D eigenvalue weighted by atomic mass is 16.7. The fourth-order valence-corrected chi connectivity index (χ4v) is 8.86. The van der Waals surface area contributed by atoms with E-state index in [2.05, 4.69) is 6.92 Å². The van der Waals surface area contributed by atoms with Crippen molar-refractivity contribution >= 4 is 23.4 Å². The molecule has 1 saturated carbocycles. The Kier molecular flexibility index (Phi) is 15.8. The Hall–Kier alpha value is -2.48. The fraction of sp³-hybridized carbons (Fsp3) is 0.805. The van der Waals surface area contributed by atoms with Crippen LogP contribution in [0.15, 0.2) is 23.3 Å². The molecule has 12 nitrogen and oxygen atoms in total. The number of Topliss-reactive ketones (excluding diaryl/α,β-unsaturated/α-hetero) is 2. The van der Waals surface area contributed by atoms with E-state index >= 15 is 0 Å². The van der Waals surface area contributed by atoms with Gasteiger partial charge in [-0.1, -0.05) is 38.5 Å². The van der Waals surface area contributed by atoms with Crippen molar-refractivity contribution in [3.8, 4) is 0 Å². The van der Waals surface area contributed by atoms with Crippen LogP contribution < -0.4 is 0 Å². The molecular weight excluding hydrogens is 682 g/mol. The predicted octanol–water partition coefficient (Wildman–Crippen LogP) is 4.60. The average Bonchev–Trinajstić information content (AvgIpc) is 3.14. The summed E-state index contributed by atoms with van der Waals surface area (Å²) in [5, 5.41) is 33.3. The van der Waals surface area contributed by atoms with Crippen LogP contribution in [-0.4, -0.2) is 113 Å². The number of ketones is 2. The predicted molar refractivity (Wildman–Crippen MR) is 197 cm³/mol. The van der Waals surface area contributed by atoms with Crippen LogP contribution in [0.4, 0.5) is 0 Å². The highest BCUT2D eigenvalue weighted by molar-refractivity contribution is 6.39. The van der Waals surface area contributed by atoms with Crippen molar-refractivity contribution in [3.63, 3.8) is 0 Å². The van der Waals surface area contributed by atoms with Crippen molar-refractivity contribution in [2.24, 2.45) is 23.7 Å². The maximum Gasteiger partial charge on any atom is 0.329 e. The number of nitrogens with zero attached hydrogens (tertiary/aromatic N) is 1. The first kappa shape index (κ1) is 43.3. The topological polar surface area (TPSA) is 169 Å². The third kappa shape index (κ3) is 10.9. The van der Waals surface area contributed by atoms with Crippen LogP contribution in [0, 0.1) is 23.7 Å². The molecule has 0 aromatic heterocycles. The molecule has 1 aliphatic carbocycles. The highest BCUT2D eigenvalue weighted by Gasteiger charge is 2.53. The van der Waals surface area contributed by atoms with Gasteiger partial charge in [-0.15, -0.1) is 0 Å². The summed E-state index contributed by atoms with van der Waals surface area (Å²) < 4.78 is 23.9. The number of aliphatic hydroxyl groups is 3. The number of amides is 1. The van der Waals surface area contributed by atoms with Crippen LogP contribution in [0.2, 0.25) is 0 Å². The number of aliphatic hydroxyl groups excluding tert-OH is 2. The van der Waals surface area contributed by atoms with E-state index in [1.54, 1.807) is 6.92 Å². The number of carbonyl (C=O) groups is 4. The minimum atomic E-state index is -2.44. The Bertz CT molecular complexity index is 1340. The summed E-state index contributed by atoms with van der Waals surface area (Å²) in [5.74, 6) is -6.32. The van der Waals surface area contributed by atoms with Crippen LogP contribution in [0.5, 0.6) is 0 Å². The lowest BCUT2D eigenvalue weighted by atomic mass is 9.83. The van der Waals surface area contributed by atoms with Gasteiger partial charge in [-0.05, 0) is 102 Å². The van der Waals surface area contributed by atoms with E-state index in [-0.39, 0.29) is 56.0 Å². The molecular formula is C41H65NO11. The molecule has 0 spiro atoms. The van der Waals surface area contributed by atoms with Gasteiger partial charge >= 0.3 is 5.97 Å². The van der Waals surface area contributed by atoms with Gasteiger partial charge in [-0.3, -0.25) is 14.4 Å². The minimum absolute atomic E-state index is 0.0530. The first-order chi connectivity index (χ1) is 25.1. The Morgan fingerprint density at radius 2 is 1.66 bits per heavy atom. The molecule has 0 aromatic carbocycles. The lowest BCUT2D eigenvalue weighted by Gasteiger charge is -2.44. The van der Waals surface area contributed by atoms with E-state index in [1.165, 1.54) is 19.1 Å². The third-order valence-corrected chi connectivity index (χ3v) is 12.1. The first-order valence-electron chi connectivity index (χ1n) is 19.9. The average molecular weight is 748 g/mol. The molecule has 4 aliphatic rings. The van der Waals surface area contributed by atoms with E-state index in [1.807, 2.05) is 32.9 Å². The number of hydrogen-bond acceptors (Lipinski definition) is 11.